The van der Waals surface area contributed by atoms with E-state index in [4.69, 9.17) is 5.26 Å². The SMILES string of the molecule is CCCC(C)(CCC)OO. The zero-order valence-electron chi connectivity index (χ0n) is 7.18. The zero-order chi connectivity index (χ0) is 8.04. The summed E-state index contributed by atoms with van der Waals surface area (Å²) >= 11 is 0. The van der Waals surface area contributed by atoms with Crippen LogP contribution in [0.5, 0.6) is 0 Å². The molecule has 0 saturated carbocycles. The smallest absolute Gasteiger partial charge is 0.100 e. The van der Waals surface area contributed by atoms with Crippen LogP contribution < -0.4 is 0 Å². The molecule has 0 bridgehead atoms. The van der Waals surface area contributed by atoms with Crippen LogP contribution in [0.4, 0.5) is 0 Å². The Labute approximate surface area is 63.1 Å². The van der Waals surface area contributed by atoms with Crippen LogP contribution in [0, 0.1) is 0 Å². The summed E-state index contributed by atoms with van der Waals surface area (Å²) in [6.07, 6.45) is 3.96. The van der Waals surface area contributed by atoms with Crippen LogP contribution in [0.15, 0.2) is 0 Å². The number of hydrogen-bond donors (Lipinski definition) is 1. The first-order chi connectivity index (χ1) is 4.68. The van der Waals surface area contributed by atoms with Gasteiger partial charge in [0.25, 0.3) is 0 Å². The molecule has 0 rings (SSSR count). The molecular weight excluding hydrogens is 128 g/mol. The fourth-order valence-electron chi connectivity index (χ4n) is 1.27. The number of rotatable bonds is 5. The molecule has 0 heterocycles. The predicted molar refractivity (Wildman–Crippen MR) is 41.9 cm³/mol. The summed E-state index contributed by atoms with van der Waals surface area (Å²) in [7, 11) is 0. The highest BCUT2D eigenvalue weighted by Gasteiger charge is 2.22. The highest BCUT2D eigenvalue weighted by atomic mass is 17.1. The van der Waals surface area contributed by atoms with Gasteiger partial charge in [-0.15, -0.1) is 0 Å². The van der Waals surface area contributed by atoms with Crippen molar-refractivity contribution in [3.05, 3.63) is 0 Å². The van der Waals surface area contributed by atoms with Gasteiger partial charge in [-0.05, 0) is 19.8 Å². The third kappa shape index (κ3) is 3.18. The molecule has 0 aromatic carbocycles. The topological polar surface area (TPSA) is 29.5 Å². The Kier molecular flexibility index (Phi) is 4.65. The molecule has 0 amide bonds. The average Bonchev–Trinajstić information content (AvgIpc) is 1.89. The van der Waals surface area contributed by atoms with Crippen molar-refractivity contribution in [2.24, 2.45) is 0 Å². The second-order valence-corrected chi connectivity index (χ2v) is 3.04. The quantitative estimate of drug-likeness (QED) is 0.477. The largest absolute Gasteiger partial charge is 0.251 e. The minimum atomic E-state index is -0.302. The van der Waals surface area contributed by atoms with Crippen molar-refractivity contribution in [2.45, 2.75) is 52.1 Å². The van der Waals surface area contributed by atoms with Crippen molar-refractivity contribution in [3.8, 4) is 0 Å². The second-order valence-electron chi connectivity index (χ2n) is 3.04. The maximum absolute atomic E-state index is 8.55. The van der Waals surface area contributed by atoms with Crippen molar-refractivity contribution < 1.29 is 10.1 Å². The fraction of sp³-hybridized carbons (Fsp3) is 1.00. The van der Waals surface area contributed by atoms with Gasteiger partial charge < -0.3 is 0 Å². The highest BCUT2D eigenvalue weighted by Crippen LogP contribution is 2.21. The van der Waals surface area contributed by atoms with E-state index in [-0.39, 0.29) is 5.60 Å². The molecule has 0 radical (unpaired) electrons. The van der Waals surface area contributed by atoms with E-state index in [0.717, 1.165) is 25.7 Å². The lowest BCUT2D eigenvalue weighted by Gasteiger charge is -2.24. The van der Waals surface area contributed by atoms with Crippen molar-refractivity contribution in [1.29, 1.82) is 0 Å². The maximum Gasteiger partial charge on any atom is 0.100 e. The highest BCUT2D eigenvalue weighted by molar-refractivity contribution is 4.71. The van der Waals surface area contributed by atoms with E-state index in [9.17, 15) is 0 Å². The van der Waals surface area contributed by atoms with Crippen LogP contribution in [0.1, 0.15) is 46.5 Å². The zero-order valence-corrected chi connectivity index (χ0v) is 7.18. The predicted octanol–water partition coefficient (Wildman–Crippen LogP) is 2.83. The van der Waals surface area contributed by atoms with Gasteiger partial charge in [0.15, 0.2) is 0 Å². The number of hydrogen-bond acceptors (Lipinski definition) is 2. The van der Waals surface area contributed by atoms with Crippen molar-refractivity contribution in [2.75, 3.05) is 0 Å². The van der Waals surface area contributed by atoms with Gasteiger partial charge in [-0.1, -0.05) is 26.7 Å². The van der Waals surface area contributed by atoms with E-state index in [1.807, 2.05) is 6.92 Å². The van der Waals surface area contributed by atoms with Gasteiger partial charge in [0, 0.05) is 0 Å². The summed E-state index contributed by atoms with van der Waals surface area (Å²) in [4.78, 5) is 4.42. The molecule has 62 valence electrons. The molecule has 0 atom stereocenters. The summed E-state index contributed by atoms with van der Waals surface area (Å²) in [6, 6.07) is 0. The van der Waals surface area contributed by atoms with E-state index < -0.39 is 0 Å². The molecule has 0 aromatic heterocycles. The first-order valence-corrected chi connectivity index (χ1v) is 4.01. The molecule has 0 fully saturated rings. The molecule has 0 aliphatic rings. The Morgan fingerprint density at radius 2 is 1.60 bits per heavy atom. The Bertz CT molecular complexity index is 75.3. The molecule has 0 aliphatic heterocycles. The minimum absolute atomic E-state index is 0.302. The standard InChI is InChI=1S/C8H18O2/c1-4-6-8(3,10-9)7-5-2/h9H,4-7H2,1-3H3. The fourth-order valence-corrected chi connectivity index (χ4v) is 1.27. The molecule has 0 unspecified atom stereocenters. The molecule has 0 aliphatic carbocycles. The first kappa shape index (κ1) is 9.92. The molecular formula is C8H18O2. The van der Waals surface area contributed by atoms with Crippen molar-refractivity contribution >= 4 is 0 Å². The third-order valence-electron chi connectivity index (χ3n) is 1.78. The maximum atomic E-state index is 8.55. The van der Waals surface area contributed by atoms with Crippen LogP contribution in [0.3, 0.4) is 0 Å². The van der Waals surface area contributed by atoms with Gasteiger partial charge in [-0.3, -0.25) is 5.26 Å². The van der Waals surface area contributed by atoms with Gasteiger partial charge in [0.1, 0.15) is 5.60 Å². The van der Waals surface area contributed by atoms with E-state index in [1.165, 1.54) is 0 Å². The van der Waals surface area contributed by atoms with Crippen LogP contribution in [-0.2, 0) is 4.89 Å². The van der Waals surface area contributed by atoms with E-state index in [1.54, 1.807) is 0 Å². The molecule has 0 aromatic rings. The third-order valence-corrected chi connectivity index (χ3v) is 1.78. The minimum Gasteiger partial charge on any atom is -0.251 e. The second kappa shape index (κ2) is 4.69. The Morgan fingerprint density at radius 3 is 1.80 bits per heavy atom. The van der Waals surface area contributed by atoms with Gasteiger partial charge in [0.2, 0.25) is 0 Å². The molecule has 0 saturated heterocycles. The van der Waals surface area contributed by atoms with Gasteiger partial charge >= 0.3 is 0 Å². The van der Waals surface area contributed by atoms with Crippen molar-refractivity contribution in [3.63, 3.8) is 0 Å². The molecule has 2 heteroatoms. The summed E-state index contributed by atoms with van der Waals surface area (Å²) in [5.41, 5.74) is -0.302. The molecule has 2 nitrogen and oxygen atoms in total. The van der Waals surface area contributed by atoms with E-state index >= 15 is 0 Å². The van der Waals surface area contributed by atoms with Crippen LogP contribution in [0.2, 0.25) is 0 Å². The molecule has 10 heavy (non-hydrogen) atoms. The van der Waals surface area contributed by atoms with Crippen LogP contribution in [0.25, 0.3) is 0 Å². The van der Waals surface area contributed by atoms with Gasteiger partial charge in [-0.2, -0.15) is 0 Å². The summed E-state index contributed by atoms with van der Waals surface area (Å²) < 4.78 is 0. The lowest BCUT2D eigenvalue weighted by Crippen LogP contribution is -2.26. The lowest BCUT2D eigenvalue weighted by atomic mass is 9.95. The van der Waals surface area contributed by atoms with Crippen molar-refractivity contribution in [1.82, 2.24) is 0 Å². The van der Waals surface area contributed by atoms with Crippen LogP contribution in [-0.4, -0.2) is 10.9 Å². The van der Waals surface area contributed by atoms with Gasteiger partial charge in [0.05, 0.1) is 0 Å². The summed E-state index contributed by atoms with van der Waals surface area (Å²) in [6.45, 7) is 6.12. The lowest BCUT2D eigenvalue weighted by molar-refractivity contribution is -0.321. The summed E-state index contributed by atoms with van der Waals surface area (Å²) in [5.74, 6) is 0. The van der Waals surface area contributed by atoms with Gasteiger partial charge in [-0.25, -0.2) is 4.89 Å². The summed E-state index contributed by atoms with van der Waals surface area (Å²) in [5, 5.41) is 8.55. The monoisotopic (exact) mass is 146 g/mol. The average molecular weight is 146 g/mol. The first-order valence-electron chi connectivity index (χ1n) is 4.01. The normalized spacial score (nSPS) is 12.0. The van der Waals surface area contributed by atoms with E-state index in [2.05, 4.69) is 18.7 Å². The Balaban J connectivity index is 3.69. The molecule has 1 N–H and O–H groups in total. The van der Waals surface area contributed by atoms with Crippen LogP contribution >= 0.6 is 0 Å². The molecule has 0 spiro atoms. The Morgan fingerprint density at radius 1 is 1.20 bits per heavy atom. The Hall–Kier alpha value is -0.0800. The van der Waals surface area contributed by atoms with E-state index in [0.29, 0.717) is 0 Å².